The molecule has 0 saturated heterocycles. The molecule has 0 saturated carbocycles. The molecule has 6 rings (SSSR count). The number of nitrogens with zero attached hydrogens (tertiary/aromatic N) is 3. The maximum Gasteiger partial charge on any atom is 0.164 e. The van der Waals surface area contributed by atoms with E-state index in [4.69, 9.17) is 26.4 Å². The quantitative estimate of drug-likeness (QED) is 0.246. The van der Waals surface area contributed by atoms with Crippen LogP contribution in [-0.4, -0.2) is 15.0 Å². The van der Waals surface area contributed by atoms with E-state index in [9.17, 15) is 0 Å². The molecule has 5 heteroatoms. The van der Waals surface area contributed by atoms with Gasteiger partial charge in [0.05, 0.1) is 0 Å². The number of nitrogen functional groups attached to an aromatic ring is 2. The van der Waals surface area contributed by atoms with Crippen LogP contribution in [0.1, 0.15) is 0 Å². The molecule has 5 nitrogen and oxygen atoms in total. The Hall–Kier alpha value is -5.29. The molecule has 5 aromatic carbocycles. The van der Waals surface area contributed by atoms with Crippen molar-refractivity contribution in [1.82, 2.24) is 15.0 Å². The lowest BCUT2D eigenvalue weighted by molar-refractivity contribution is 1.07. The largest absolute Gasteiger partial charge is 0.399 e. The summed E-state index contributed by atoms with van der Waals surface area (Å²) in [6, 6.07) is 42.0. The van der Waals surface area contributed by atoms with Gasteiger partial charge in [-0.2, -0.15) is 0 Å². The second kappa shape index (κ2) is 9.99. The second-order valence-corrected chi connectivity index (χ2v) is 9.09. The van der Waals surface area contributed by atoms with Gasteiger partial charge in [-0.15, -0.1) is 0 Å². The van der Waals surface area contributed by atoms with Crippen molar-refractivity contribution in [3.8, 4) is 56.4 Å². The van der Waals surface area contributed by atoms with Gasteiger partial charge in [0.2, 0.25) is 0 Å². The van der Waals surface area contributed by atoms with Crippen molar-refractivity contribution in [2.75, 3.05) is 11.5 Å². The molecule has 38 heavy (non-hydrogen) atoms. The highest BCUT2D eigenvalue weighted by atomic mass is 15.0. The third-order valence-electron chi connectivity index (χ3n) is 6.33. The van der Waals surface area contributed by atoms with Crippen LogP contribution in [0.4, 0.5) is 11.4 Å². The van der Waals surface area contributed by atoms with E-state index in [0.29, 0.717) is 28.8 Å². The Morgan fingerprint density at radius 3 is 1.11 bits per heavy atom. The fourth-order valence-electron chi connectivity index (χ4n) is 4.46. The average Bonchev–Trinajstić information content (AvgIpc) is 2.97. The normalized spacial score (nSPS) is 10.8. The Balaban J connectivity index is 1.59. The molecule has 4 N–H and O–H groups in total. The van der Waals surface area contributed by atoms with E-state index in [-0.39, 0.29) is 0 Å². The third kappa shape index (κ3) is 4.86. The molecule has 0 aliphatic heterocycles. The van der Waals surface area contributed by atoms with Gasteiger partial charge in [-0.1, -0.05) is 84.9 Å². The van der Waals surface area contributed by atoms with Crippen molar-refractivity contribution in [1.29, 1.82) is 0 Å². The predicted octanol–water partition coefficient (Wildman–Crippen LogP) is 7.37. The molecule has 0 amide bonds. The van der Waals surface area contributed by atoms with Crippen molar-refractivity contribution >= 4 is 11.4 Å². The molecule has 0 aliphatic carbocycles. The van der Waals surface area contributed by atoms with Crippen LogP contribution >= 0.6 is 0 Å². The number of benzene rings is 5. The summed E-state index contributed by atoms with van der Waals surface area (Å²) in [5, 5.41) is 0. The van der Waals surface area contributed by atoms with Crippen LogP contribution in [0, 0.1) is 0 Å². The van der Waals surface area contributed by atoms with Crippen LogP contribution < -0.4 is 11.5 Å². The van der Waals surface area contributed by atoms with Gasteiger partial charge in [0.15, 0.2) is 17.5 Å². The smallest absolute Gasteiger partial charge is 0.164 e. The van der Waals surface area contributed by atoms with Gasteiger partial charge in [-0.3, -0.25) is 0 Å². The van der Waals surface area contributed by atoms with Gasteiger partial charge in [0, 0.05) is 28.1 Å². The first-order valence-electron chi connectivity index (χ1n) is 12.4. The van der Waals surface area contributed by atoms with Crippen LogP contribution in [-0.2, 0) is 0 Å². The van der Waals surface area contributed by atoms with E-state index in [2.05, 4.69) is 30.3 Å². The molecular formula is C33H25N5. The molecule has 0 aliphatic rings. The Morgan fingerprint density at radius 2 is 0.684 bits per heavy atom. The number of hydrogen-bond donors (Lipinski definition) is 2. The Morgan fingerprint density at radius 1 is 0.316 bits per heavy atom. The van der Waals surface area contributed by atoms with Crippen molar-refractivity contribution in [2.24, 2.45) is 0 Å². The average molecular weight is 492 g/mol. The number of aromatic nitrogens is 3. The summed E-state index contributed by atoms with van der Waals surface area (Å²) in [4.78, 5) is 14.7. The highest BCUT2D eigenvalue weighted by Crippen LogP contribution is 2.34. The van der Waals surface area contributed by atoms with Crippen LogP contribution in [0.5, 0.6) is 0 Å². The van der Waals surface area contributed by atoms with Gasteiger partial charge in [0.1, 0.15) is 0 Å². The number of hydrogen-bond acceptors (Lipinski definition) is 5. The van der Waals surface area contributed by atoms with Crippen LogP contribution in [0.25, 0.3) is 56.4 Å². The summed E-state index contributed by atoms with van der Waals surface area (Å²) in [5.74, 6) is 1.83. The lowest BCUT2D eigenvalue weighted by atomic mass is 9.95. The van der Waals surface area contributed by atoms with Gasteiger partial charge >= 0.3 is 0 Å². The summed E-state index contributed by atoms with van der Waals surface area (Å²) >= 11 is 0. The monoisotopic (exact) mass is 491 g/mol. The van der Waals surface area contributed by atoms with Crippen LogP contribution in [0.2, 0.25) is 0 Å². The van der Waals surface area contributed by atoms with E-state index in [0.717, 1.165) is 38.9 Å². The van der Waals surface area contributed by atoms with Gasteiger partial charge in [-0.25, -0.2) is 15.0 Å². The molecule has 182 valence electrons. The SMILES string of the molecule is Nc1cccc(-c2cc(-c3cccc(N)c3)cc(-c3nc(-c4ccccc4)nc(-c4ccccc4)n3)c2)c1. The Bertz CT molecular complexity index is 1610. The Labute approximate surface area is 221 Å². The molecular weight excluding hydrogens is 466 g/mol. The maximum atomic E-state index is 6.13. The molecule has 0 atom stereocenters. The summed E-state index contributed by atoms with van der Waals surface area (Å²) in [6.07, 6.45) is 0. The van der Waals surface area contributed by atoms with Crippen molar-refractivity contribution < 1.29 is 0 Å². The zero-order valence-electron chi connectivity index (χ0n) is 20.6. The van der Waals surface area contributed by atoms with Crippen LogP contribution in [0.3, 0.4) is 0 Å². The zero-order chi connectivity index (χ0) is 25.9. The minimum absolute atomic E-state index is 0.591. The molecule has 0 radical (unpaired) electrons. The van der Waals surface area contributed by atoms with Crippen LogP contribution in [0.15, 0.2) is 127 Å². The molecule has 0 bridgehead atoms. The number of rotatable bonds is 5. The van der Waals surface area contributed by atoms with Gasteiger partial charge < -0.3 is 11.5 Å². The summed E-state index contributed by atoms with van der Waals surface area (Å²) in [6.45, 7) is 0. The molecule has 0 spiro atoms. The standard InChI is InChI=1S/C33H25N5/c34-29-15-7-13-24(20-29)26-17-27(25-14-8-16-30(35)21-25)19-28(18-26)33-37-31(22-9-3-1-4-10-22)36-32(38-33)23-11-5-2-6-12-23/h1-21H,34-35H2. The van der Waals surface area contributed by atoms with Crippen molar-refractivity contribution in [3.63, 3.8) is 0 Å². The lowest BCUT2D eigenvalue weighted by Crippen LogP contribution is -2.00. The third-order valence-corrected chi connectivity index (χ3v) is 6.33. The molecule has 1 heterocycles. The van der Waals surface area contributed by atoms with E-state index in [1.807, 2.05) is 97.1 Å². The minimum atomic E-state index is 0.591. The van der Waals surface area contributed by atoms with Crippen molar-refractivity contribution in [3.05, 3.63) is 127 Å². The Kier molecular flexibility index (Phi) is 6.08. The summed E-state index contributed by atoms with van der Waals surface area (Å²) in [7, 11) is 0. The van der Waals surface area contributed by atoms with E-state index >= 15 is 0 Å². The number of nitrogens with two attached hydrogens (primary N) is 2. The molecule has 6 aromatic rings. The second-order valence-electron chi connectivity index (χ2n) is 9.09. The highest BCUT2D eigenvalue weighted by molar-refractivity contribution is 5.81. The van der Waals surface area contributed by atoms with Gasteiger partial charge in [-0.05, 0) is 64.7 Å². The molecule has 0 unspecified atom stereocenters. The maximum absolute atomic E-state index is 6.13. The zero-order valence-corrected chi connectivity index (χ0v) is 20.6. The van der Waals surface area contributed by atoms with E-state index in [1.54, 1.807) is 0 Å². The highest BCUT2D eigenvalue weighted by Gasteiger charge is 2.15. The summed E-state index contributed by atoms with van der Waals surface area (Å²) < 4.78 is 0. The lowest BCUT2D eigenvalue weighted by Gasteiger charge is -2.13. The first-order chi connectivity index (χ1) is 18.6. The first kappa shape index (κ1) is 23.1. The number of anilines is 2. The predicted molar refractivity (Wildman–Crippen MR) is 156 cm³/mol. The fraction of sp³-hybridized carbons (Fsp3) is 0. The van der Waals surface area contributed by atoms with Gasteiger partial charge in [0.25, 0.3) is 0 Å². The topological polar surface area (TPSA) is 90.7 Å². The van der Waals surface area contributed by atoms with E-state index in [1.165, 1.54) is 0 Å². The summed E-state index contributed by atoms with van der Waals surface area (Å²) in [5.41, 5.74) is 20.4. The fourth-order valence-corrected chi connectivity index (χ4v) is 4.46. The molecule has 0 fully saturated rings. The van der Waals surface area contributed by atoms with E-state index < -0.39 is 0 Å². The van der Waals surface area contributed by atoms with Crippen molar-refractivity contribution in [2.45, 2.75) is 0 Å². The first-order valence-corrected chi connectivity index (χ1v) is 12.4. The minimum Gasteiger partial charge on any atom is -0.399 e. The molecule has 1 aromatic heterocycles.